The monoisotopic (exact) mass is 489 g/mol. The van der Waals surface area contributed by atoms with E-state index in [-0.39, 0.29) is 22.9 Å². The van der Waals surface area contributed by atoms with Crippen LogP contribution in [0.5, 0.6) is 0 Å². The van der Waals surface area contributed by atoms with Crippen molar-refractivity contribution in [1.82, 2.24) is 15.0 Å². The summed E-state index contributed by atoms with van der Waals surface area (Å²) in [7, 11) is 3.28. The molecule has 0 saturated carbocycles. The molecule has 0 N–H and O–H groups in total. The molecule has 2 fully saturated rings. The minimum absolute atomic E-state index is 0.144. The number of aryl methyl sites for hydroxylation is 1. The lowest BCUT2D eigenvalue weighted by Crippen LogP contribution is -2.45. The number of nitrogens with zero attached hydrogens (tertiary/aromatic N) is 5. The van der Waals surface area contributed by atoms with E-state index in [1.165, 1.54) is 23.1 Å². The second kappa shape index (κ2) is 8.91. The summed E-state index contributed by atoms with van der Waals surface area (Å²) >= 11 is 0. The lowest BCUT2D eigenvalue weighted by molar-refractivity contribution is -0.137. The number of benzene rings is 1. The molecule has 2 saturated heterocycles. The molecule has 1 spiro atoms. The van der Waals surface area contributed by atoms with Crippen LogP contribution in [0.15, 0.2) is 28.8 Å². The third-order valence-corrected chi connectivity index (χ3v) is 6.96. The molecule has 35 heavy (non-hydrogen) atoms. The molecular formula is C24H26F3N5O3. The highest BCUT2D eigenvalue weighted by molar-refractivity contribution is 5.96. The summed E-state index contributed by atoms with van der Waals surface area (Å²) in [6.45, 7) is 2.98. The molecule has 2 aliphatic rings. The highest BCUT2D eigenvalue weighted by atomic mass is 19.4. The summed E-state index contributed by atoms with van der Waals surface area (Å²) in [6, 6.07) is 6.24. The molecule has 0 bridgehead atoms. The summed E-state index contributed by atoms with van der Waals surface area (Å²) in [6.07, 6.45) is -2.94. The van der Waals surface area contributed by atoms with E-state index in [1.54, 1.807) is 32.0 Å². The number of amides is 2. The second-order valence-corrected chi connectivity index (χ2v) is 9.53. The molecule has 4 rings (SSSR count). The highest BCUT2D eigenvalue weighted by Crippen LogP contribution is 2.45. The van der Waals surface area contributed by atoms with Gasteiger partial charge in [-0.15, -0.1) is 0 Å². The number of aromatic nitrogens is 1. The number of anilines is 1. The van der Waals surface area contributed by atoms with Crippen LogP contribution in [0, 0.1) is 23.7 Å². The Balaban J connectivity index is 1.54. The van der Waals surface area contributed by atoms with Gasteiger partial charge >= 0.3 is 6.18 Å². The first-order valence-corrected chi connectivity index (χ1v) is 11.3. The summed E-state index contributed by atoms with van der Waals surface area (Å²) in [5, 5.41) is 12.9. The topological polar surface area (TPSA) is 93.7 Å². The first-order valence-electron chi connectivity index (χ1n) is 11.3. The predicted molar refractivity (Wildman–Crippen MR) is 119 cm³/mol. The van der Waals surface area contributed by atoms with Crippen molar-refractivity contribution < 1.29 is 27.3 Å². The van der Waals surface area contributed by atoms with Crippen LogP contribution in [0.1, 0.15) is 46.6 Å². The summed E-state index contributed by atoms with van der Waals surface area (Å²) in [5.41, 5.74) is -1.15. The molecule has 0 aliphatic carbocycles. The van der Waals surface area contributed by atoms with Gasteiger partial charge in [0.1, 0.15) is 11.8 Å². The van der Waals surface area contributed by atoms with Gasteiger partial charge in [0.2, 0.25) is 5.91 Å². The Morgan fingerprint density at radius 3 is 2.46 bits per heavy atom. The maximum Gasteiger partial charge on any atom is 0.417 e. The predicted octanol–water partition coefficient (Wildman–Crippen LogP) is 3.46. The van der Waals surface area contributed by atoms with E-state index in [4.69, 9.17) is 9.78 Å². The molecule has 11 heteroatoms. The molecule has 0 radical (unpaired) electrons. The van der Waals surface area contributed by atoms with Gasteiger partial charge in [-0.05, 0) is 49.8 Å². The molecule has 1 unspecified atom stereocenters. The van der Waals surface area contributed by atoms with Crippen LogP contribution in [0.25, 0.3) is 0 Å². The number of hydrogen-bond donors (Lipinski definition) is 0. The zero-order valence-corrected chi connectivity index (χ0v) is 19.7. The number of nitriles is 1. The van der Waals surface area contributed by atoms with E-state index in [0.29, 0.717) is 50.3 Å². The fraction of sp³-hybridized carbons (Fsp3) is 0.500. The Labute approximate surface area is 200 Å². The molecule has 186 valence electrons. The Kier molecular flexibility index (Phi) is 6.25. The number of likely N-dealkylation sites (N-methyl/N-ethyl adjacent to an activating group) is 1. The molecule has 2 aromatic rings. The van der Waals surface area contributed by atoms with Gasteiger partial charge in [0, 0.05) is 45.5 Å². The zero-order valence-electron chi connectivity index (χ0n) is 19.7. The second-order valence-electron chi connectivity index (χ2n) is 9.53. The van der Waals surface area contributed by atoms with E-state index >= 15 is 0 Å². The average Bonchev–Trinajstić information content (AvgIpc) is 3.41. The Hall–Kier alpha value is -3.55. The summed E-state index contributed by atoms with van der Waals surface area (Å²) < 4.78 is 45.3. The van der Waals surface area contributed by atoms with Gasteiger partial charge in [0.05, 0.1) is 17.2 Å². The standard InChI is InChI=1S/C24H26F3N5O3/c1-15-10-19(29-35-15)21(33)32-14-23(12-20(32)22(34)30(2)3)6-8-31(9-7-23)17-5-4-16(13-28)18(11-17)24(25,26)27/h4-5,10-11,20H,6-9,12,14H2,1-3H3. The van der Waals surface area contributed by atoms with E-state index in [0.717, 1.165) is 6.07 Å². The number of piperidine rings is 1. The molecule has 2 amide bonds. The quantitative estimate of drug-likeness (QED) is 0.656. The summed E-state index contributed by atoms with van der Waals surface area (Å²) in [5.74, 6) is -0.0604. The Morgan fingerprint density at radius 1 is 1.23 bits per heavy atom. The van der Waals surface area contributed by atoms with Crippen molar-refractivity contribution in [2.75, 3.05) is 38.6 Å². The van der Waals surface area contributed by atoms with Crippen LogP contribution in [0.4, 0.5) is 18.9 Å². The van der Waals surface area contributed by atoms with Gasteiger partial charge in [0.15, 0.2) is 5.69 Å². The maximum absolute atomic E-state index is 13.4. The fourth-order valence-corrected chi connectivity index (χ4v) is 5.07. The van der Waals surface area contributed by atoms with Crippen LogP contribution in [-0.2, 0) is 11.0 Å². The number of alkyl halides is 3. The Morgan fingerprint density at radius 2 is 1.91 bits per heavy atom. The maximum atomic E-state index is 13.4. The third kappa shape index (κ3) is 4.70. The molecule has 1 aromatic carbocycles. The lowest BCUT2D eigenvalue weighted by Gasteiger charge is -2.40. The van der Waals surface area contributed by atoms with Crippen molar-refractivity contribution in [3.8, 4) is 6.07 Å². The largest absolute Gasteiger partial charge is 0.417 e. The molecule has 1 atom stereocenters. The number of halogens is 3. The van der Waals surface area contributed by atoms with Crippen LogP contribution in [0.2, 0.25) is 0 Å². The number of carbonyl (C=O) groups is 2. The molecule has 2 aliphatic heterocycles. The van der Waals surface area contributed by atoms with Gasteiger partial charge in [-0.25, -0.2) is 0 Å². The number of rotatable bonds is 3. The van der Waals surface area contributed by atoms with Crippen molar-refractivity contribution in [3.63, 3.8) is 0 Å². The van der Waals surface area contributed by atoms with Gasteiger partial charge < -0.3 is 19.2 Å². The first kappa shape index (κ1) is 24.6. The highest BCUT2D eigenvalue weighted by Gasteiger charge is 2.50. The van der Waals surface area contributed by atoms with Crippen molar-refractivity contribution in [3.05, 3.63) is 46.8 Å². The van der Waals surface area contributed by atoms with E-state index in [9.17, 15) is 22.8 Å². The van der Waals surface area contributed by atoms with Gasteiger partial charge in [-0.1, -0.05) is 5.16 Å². The van der Waals surface area contributed by atoms with Crippen LogP contribution < -0.4 is 4.90 Å². The third-order valence-electron chi connectivity index (χ3n) is 6.96. The van der Waals surface area contributed by atoms with Crippen molar-refractivity contribution in [2.45, 2.75) is 38.4 Å². The Bertz CT molecular complexity index is 1180. The number of hydrogen-bond acceptors (Lipinski definition) is 6. The van der Waals surface area contributed by atoms with E-state index in [2.05, 4.69) is 5.16 Å². The van der Waals surface area contributed by atoms with Gasteiger partial charge in [-0.3, -0.25) is 9.59 Å². The van der Waals surface area contributed by atoms with Crippen molar-refractivity contribution >= 4 is 17.5 Å². The molecule has 3 heterocycles. The summed E-state index contributed by atoms with van der Waals surface area (Å²) in [4.78, 5) is 31.0. The van der Waals surface area contributed by atoms with Crippen LogP contribution >= 0.6 is 0 Å². The normalized spacial score (nSPS) is 19.6. The molecular weight excluding hydrogens is 463 g/mol. The number of likely N-dealkylation sites (tertiary alicyclic amines) is 1. The number of carbonyl (C=O) groups excluding carboxylic acids is 2. The fourth-order valence-electron chi connectivity index (χ4n) is 5.07. The average molecular weight is 489 g/mol. The van der Waals surface area contributed by atoms with Crippen LogP contribution in [-0.4, -0.2) is 66.5 Å². The molecule has 8 nitrogen and oxygen atoms in total. The van der Waals surface area contributed by atoms with Crippen molar-refractivity contribution in [1.29, 1.82) is 5.26 Å². The van der Waals surface area contributed by atoms with Gasteiger partial charge in [0.25, 0.3) is 5.91 Å². The van der Waals surface area contributed by atoms with E-state index < -0.39 is 23.3 Å². The van der Waals surface area contributed by atoms with Gasteiger partial charge in [-0.2, -0.15) is 18.4 Å². The minimum atomic E-state index is -4.62. The minimum Gasteiger partial charge on any atom is -0.371 e. The molecule has 1 aromatic heterocycles. The van der Waals surface area contributed by atoms with E-state index in [1.807, 2.05) is 4.90 Å². The van der Waals surface area contributed by atoms with Crippen molar-refractivity contribution in [2.24, 2.45) is 5.41 Å². The first-order chi connectivity index (χ1) is 16.4. The zero-order chi connectivity index (χ0) is 25.5. The SMILES string of the molecule is Cc1cc(C(=O)N2CC3(CCN(c4ccc(C#N)c(C(F)(F)F)c4)CC3)CC2C(=O)N(C)C)no1. The smallest absolute Gasteiger partial charge is 0.371 e. The van der Waals surface area contributed by atoms with Crippen LogP contribution in [0.3, 0.4) is 0 Å². The lowest BCUT2D eigenvalue weighted by atomic mass is 9.76.